The molecule has 0 aromatic heterocycles. The summed E-state index contributed by atoms with van der Waals surface area (Å²) in [5.41, 5.74) is 1.10. The lowest BCUT2D eigenvalue weighted by Crippen LogP contribution is -2.58. The Hall–Kier alpha value is -2.66. The molecule has 2 aromatic carbocycles. The van der Waals surface area contributed by atoms with Gasteiger partial charge in [-0.1, -0.05) is 45.0 Å². The van der Waals surface area contributed by atoms with E-state index in [-0.39, 0.29) is 18.1 Å². The molecule has 0 bridgehead atoms. The van der Waals surface area contributed by atoms with E-state index in [2.05, 4.69) is 0 Å². The molecule has 0 radical (unpaired) electrons. The fourth-order valence-corrected chi connectivity index (χ4v) is 5.43. The fraction of sp³-hybridized carbons (Fsp3) is 0.417. The Morgan fingerprint density at radius 2 is 2.00 bits per heavy atom. The van der Waals surface area contributed by atoms with Gasteiger partial charge in [0.25, 0.3) is 0 Å². The molecule has 3 atom stereocenters. The molecule has 0 heterocycles. The lowest BCUT2D eigenvalue weighted by atomic mass is 9.60. The number of aliphatic hydroxyl groups excluding tert-OH is 1. The second-order valence-corrected chi connectivity index (χ2v) is 8.34. The van der Waals surface area contributed by atoms with Gasteiger partial charge in [-0.3, -0.25) is 9.59 Å². The largest absolute Gasteiger partial charge is 0.508 e. The van der Waals surface area contributed by atoms with Crippen LogP contribution in [0.2, 0.25) is 0 Å². The number of phenolic OH excluding ortho intramolecular Hbond substituents is 1. The molecule has 0 unspecified atom stereocenters. The molecule has 4 rings (SSSR count). The predicted molar refractivity (Wildman–Crippen MR) is 110 cm³/mol. The van der Waals surface area contributed by atoms with Crippen molar-refractivity contribution < 1.29 is 24.5 Å². The van der Waals surface area contributed by atoms with E-state index in [4.69, 9.17) is 4.74 Å². The van der Waals surface area contributed by atoms with Crippen LogP contribution in [-0.4, -0.2) is 34.2 Å². The van der Waals surface area contributed by atoms with Gasteiger partial charge in [-0.25, -0.2) is 0 Å². The minimum atomic E-state index is -1.40. The number of hydrogen-bond acceptors (Lipinski definition) is 5. The molecule has 0 aliphatic heterocycles. The van der Waals surface area contributed by atoms with E-state index in [1.54, 1.807) is 19.1 Å². The number of fused-ring (bicyclic) bond motifs is 5. The van der Waals surface area contributed by atoms with Gasteiger partial charge in [0.15, 0.2) is 5.60 Å². The topological polar surface area (TPSA) is 83.8 Å². The summed E-state index contributed by atoms with van der Waals surface area (Å²) in [4.78, 5) is 25.3. The highest BCUT2D eigenvalue weighted by atomic mass is 16.6. The van der Waals surface area contributed by atoms with Gasteiger partial charge in [-0.05, 0) is 52.4 Å². The second kappa shape index (κ2) is 6.70. The number of ketones is 1. The van der Waals surface area contributed by atoms with Gasteiger partial charge in [0.2, 0.25) is 5.78 Å². The van der Waals surface area contributed by atoms with Gasteiger partial charge in [0, 0.05) is 17.8 Å². The highest BCUT2D eigenvalue weighted by Gasteiger charge is 2.64. The van der Waals surface area contributed by atoms with E-state index in [1.165, 1.54) is 5.56 Å². The third kappa shape index (κ3) is 2.57. The van der Waals surface area contributed by atoms with E-state index in [0.717, 1.165) is 21.9 Å². The zero-order chi connectivity index (χ0) is 21.0. The Morgan fingerprint density at radius 3 is 2.69 bits per heavy atom. The quantitative estimate of drug-likeness (QED) is 0.771. The lowest BCUT2D eigenvalue weighted by Gasteiger charge is -2.48. The van der Waals surface area contributed by atoms with E-state index in [9.17, 15) is 19.8 Å². The molecule has 5 heteroatoms. The van der Waals surface area contributed by atoms with Crippen LogP contribution in [0.4, 0.5) is 0 Å². The van der Waals surface area contributed by atoms with Crippen LogP contribution >= 0.6 is 0 Å². The zero-order valence-electron chi connectivity index (χ0n) is 17.0. The first kappa shape index (κ1) is 19.6. The summed E-state index contributed by atoms with van der Waals surface area (Å²) in [6, 6.07) is 9.35. The summed E-state index contributed by atoms with van der Waals surface area (Å²) in [6.07, 6.45) is 3.53. The highest BCUT2D eigenvalue weighted by Crippen LogP contribution is 2.61. The Kier molecular flexibility index (Phi) is 4.54. The van der Waals surface area contributed by atoms with Crippen LogP contribution in [0.25, 0.3) is 16.3 Å². The molecule has 0 saturated carbocycles. The summed E-state index contributed by atoms with van der Waals surface area (Å²) in [7, 11) is 0. The molecule has 29 heavy (non-hydrogen) atoms. The number of ether oxygens (including phenoxy) is 1. The molecule has 0 saturated heterocycles. The average molecular weight is 394 g/mol. The summed E-state index contributed by atoms with van der Waals surface area (Å²) in [5, 5.41) is 21.6. The number of carbonyl (C=O) groups is 2. The normalized spacial score (nSPS) is 27.9. The third-order valence-electron chi connectivity index (χ3n) is 6.87. The predicted octanol–water partition coefficient (Wildman–Crippen LogP) is 3.78. The number of aryl methyl sites for hydroxylation is 1. The number of esters is 1. The van der Waals surface area contributed by atoms with Crippen molar-refractivity contribution in [3.63, 3.8) is 0 Å². The first-order valence-corrected chi connectivity index (χ1v) is 10.1. The van der Waals surface area contributed by atoms with E-state index in [0.29, 0.717) is 12.8 Å². The van der Waals surface area contributed by atoms with Gasteiger partial charge in [0.05, 0.1) is 0 Å². The summed E-state index contributed by atoms with van der Waals surface area (Å²) < 4.78 is 5.87. The van der Waals surface area contributed by atoms with Crippen molar-refractivity contribution in [2.75, 3.05) is 6.61 Å². The Labute approximate surface area is 170 Å². The maximum atomic E-state index is 13.0. The lowest BCUT2D eigenvalue weighted by molar-refractivity contribution is -0.184. The summed E-state index contributed by atoms with van der Waals surface area (Å²) in [6.45, 7) is 4.89. The van der Waals surface area contributed by atoms with Gasteiger partial charge in [-0.15, -0.1) is 0 Å². The van der Waals surface area contributed by atoms with E-state index >= 15 is 0 Å². The van der Waals surface area contributed by atoms with Crippen LogP contribution in [0.1, 0.15) is 44.7 Å². The molecule has 0 spiro atoms. The number of phenols is 1. The minimum Gasteiger partial charge on any atom is -0.508 e. The Balaban J connectivity index is 1.91. The first-order valence-electron chi connectivity index (χ1n) is 10.1. The van der Waals surface area contributed by atoms with Crippen molar-refractivity contribution in [2.45, 2.75) is 45.6 Å². The number of carbonyl (C=O) groups excluding carboxylic acids is 2. The molecule has 2 aliphatic rings. The van der Waals surface area contributed by atoms with Crippen LogP contribution in [-0.2, 0) is 20.7 Å². The summed E-state index contributed by atoms with van der Waals surface area (Å²) in [5.74, 6) is -1.01. The van der Waals surface area contributed by atoms with Crippen LogP contribution < -0.4 is 0 Å². The SMILES string of the molecule is CCC(=O)O[C@@]1(C(=O)CO)[C@@H](C)C=C2c3ccc4cc(O)ccc4c3CC[C@@]21C. The number of rotatable bonds is 4. The molecular formula is C24H26O5. The van der Waals surface area contributed by atoms with E-state index < -0.39 is 29.4 Å². The molecule has 5 nitrogen and oxygen atoms in total. The van der Waals surface area contributed by atoms with Gasteiger partial charge >= 0.3 is 5.97 Å². The van der Waals surface area contributed by atoms with Crippen molar-refractivity contribution >= 4 is 28.1 Å². The fourth-order valence-electron chi connectivity index (χ4n) is 5.43. The van der Waals surface area contributed by atoms with Crippen molar-refractivity contribution in [3.8, 4) is 5.75 Å². The molecule has 2 N–H and O–H groups in total. The monoisotopic (exact) mass is 394 g/mol. The van der Waals surface area contributed by atoms with Crippen LogP contribution in [0, 0.1) is 11.3 Å². The van der Waals surface area contributed by atoms with Crippen LogP contribution in [0.15, 0.2) is 36.4 Å². The number of aromatic hydroxyl groups is 1. The molecule has 2 aliphatic carbocycles. The number of hydrogen-bond donors (Lipinski definition) is 2. The van der Waals surface area contributed by atoms with Gasteiger partial charge in [-0.2, -0.15) is 0 Å². The smallest absolute Gasteiger partial charge is 0.306 e. The Bertz CT molecular complexity index is 1050. The minimum absolute atomic E-state index is 0.170. The van der Waals surface area contributed by atoms with Gasteiger partial charge in [0.1, 0.15) is 12.4 Å². The molecule has 0 amide bonds. The highest BCUT2D eigenvalue weighted by molar-refractivity contribution is 6.00. The van der Waals surface area contributed by atoms with Gasteiger partial charge < -0.3 is 14.9 Å². The number of aliphatic hydroxyl groups is 1. The van der Waals surface area contributed by atoms with Crippen molar-refractivity contribution in [1.29, 1.82) is 0 Å². The standard InChI is InChI=1S/C24H26O5/c1-4-22(28)29-24(21(27)13-25)14(2)11-20-19-7-5-15-12-16(26)6-8-17(15)18(19)9-10-23(20,24)3/h5-8,11-12,14,25-26H,4,9-10,13H2,1-3H3/t14-,23-,24+/m0/s1. The van der Waals surface area contributed by atoms with E-state index in [1.807, 2.05) is 38.1 Å². The molecule has 152 valence electrons. The summed E-state index contributed by atoms with van der Waals surface area (Å²) >= 11 is 0. The Morgan fingerprint density at radius 1 is 1.24 bits per heavy atom. The average Bonchev–Trinajstić information content (AvgIpc) is 2.94. The van der Waals surface area contributed by atoms with Crippen molar-refractivity contribution in [1.82, 2.24) is 0 Å². The molecular weight excluding hydrogens is 368 g/mol. The van der Waals surface area contributed by atoms with Crippen molar-refractivity contribution in [2.24, 2.45) is 11.3 Å². The zero-order valence-corrected chi connectivity index (χ0v) is 17.0. The van der Waals surface area contributed by atoms with Crippen LogP contribution in [0.3, 0.4) is 0 Å². The third-order valence-corrected chi connectivity index (χ3v) is 6.87. The van der Waals surface area contributed by atoms with Crippen LogP contribution in [0.5, 0.6) is 5.75 Å². The number of Topliss-reactive ketones (excluding diaryl/α,β-unsaturated/α-hetero) is 1. The first-order chi connectivity index (χ1) is 13.8. The maximum Gasteiger partial charge on any atom is 0.306 e. The molecule has 0 fully saturated rings. The second-order valence-electron chi connectivity index (χ2n) is 8.34. The molecule has 2 aromatic rings. The van der Waals surface area contributed by atoms with Crippen molar-refractivity contribution in [3.05, 3.63) is 47.5 Å². The number of benzene rings is 2. The maximum absolute atomic E-state index is 13.0.